The summed E-state index contributed by atoms with van der Waals surface area (Å²) in [5.74, 6) is 2.09. The van der Waals surface area contributed by atoms with E-state index in [0.717, 1.165) is 16.9 Å². The molecule has 5 nitrogen and oxygen atoms in total. The Bertz CT molecular complexity index is 749. The average molecular weight is 355 g/mol. The first-order valence-electron chi connectivity index (χ1n) is 9.06. The Labute approximate surface area is 154 Å². The van der Waals surface area contributed by atoms with Crippen molar-refractivity contribution in [1.82, 2.24) is 5.32 Å². The SMILES string of the molecule is CCOc1ccc([C@H](C)NC(=O)[C@@H]2Cc3ccccc3O2)cc1OCC. The standard InChI is InChI=1S/C21H25NO4/c1-4-24-18-11-10-15(12-19(18)25-5-2)14(3)22-21(23)20-13-16-8-6-7-9-17(16)26-20/h6-12,14,20H,4-5,13H2,1-3H3,(H,22,23)/t14-,20-/m0/s1. The maximum Gasteiger partial charge on any atom is 0.261 e. The molecule has 0 aromatic heterocycles. The Morgan fingerprint density at radius 3 is 2.62 bits per heavy atom. The predicted molar refractivity (Wildman–Crippen MR) is 99.9 cm³/mol. The van der Waals surface area contributed by atoms with Crippen LogP contribution in [0.3, 0.4) is 0 Å². The Morgan fingerprint density at radius 1 is 1.15 bits per heavy atom. The molecule has 138 valence electrons. The summed E-state index contributed by atoms with van der Waals surface area (Å²) in [4.78, 5) is 12.6. The number of hydrogen-bond acceptors (Lipinski definition) is 4. The van der Waals surface area contributed by atoms with Crippen LogP contribution in [0.1, 0.15) is 37.9 Å². The number of hydrogen-bond donors (Lipinski definition) is 1. The summed E-state index contributed by atoms with van der Waals surface area (Å²) >= 11 is 0. The Morgan fingerprint density at radius 2 is 1.88 bits per heavy atom. The molecule has 2 aromatic rings. The molecule has 2 atom stereocenters. The minimum absolute atomic E-state index is 0.111. The van der Waals surface area contributed by atoms with E-state index in [1.165, 1.54) is 0 Å². The van der Waals surface area contributed by atoms with Crippen LogP contribution in [0.4, 0.5) is 0 Å². The van der Waals surface area contributed by atoms with Gasteiger partial charge in [-0.2, -0.15) is 0 Å². The number of carbonyl (C=O) groups is 1. The van der Waals surface area contributed by atoms with E-state index in [-0.39, 0.29) is 11.9 Å². The molecule has 0 saturated heterocycles. The van der Waals surface area contributed by atoms with Gasteiger partial charge in [0.15, 0.2) is 17.6 Å². The summed E-state index contributed by atoms with van der Waals surface area (Å²) < 4.78 is 17.0. The van der Waals surface area contributed by atoms with Gasteiger partial charge in [0.2, 0.25) is 0 Å². The fraction of sp³-hybridized carbons (Fsp3) is 0.381. The highest BCUT2D eigenvalue weighted by atomic mass is 16.5. The molecule has 0 spiro atoms. The minimum atomic E-state index is -0.482. The lowest BCUT2D eigenvalue weighted by atomic mass is 10.1. The summed E-state index contributed by atoms with van der Waals surface area (Å²) in [5.41, 5.74) is 2.03. The molecule has 1 N–H and O–H groups in total. The third kappa shape index (κ3) is 3.93. The summed E-state index contributed by atoms with van der Waals surface area (Å²) in [6, 6.07) is 13.3. The van der Waals surface area contributed by atoms with Crippen LogP contribution < -0.4 is 19.5 Å². The first-order valence-corrected chi connectivity index (χ1v) is 9.06. The predicted octanol–water partition coefficient (Wildman–Crippen LogP) is 3.66. The van der Waals surface area contributed by atoms with Crippen molar-refractivity contribution >= 4 is 5.91 Å². The molecule has 0 radical (unpaired) electrons. The number of benzene rings is 2. The van der Waals surface area contributed by atoms with E-state index in [1.54, 1.807) is 0 Å². The van der Waals surface area contributed by atoms with E-state index in [4.69, 9.17) is 14.2 Å². The number of nitrogens with one attached hydrogen (secondary N) is 1. The van der Waals surface area contributed by atoms with Crippen molar-refractivity contribution in [3.05, 3.63) is 53.6 Å². The maximum absolute atomic E-state index is 12.6. The van der Waals surface area contributed by atoms with Gasteiger partial charge in [-0.1, -0.05) is 24.3 Å². The second-order valence-corrected chi connectivity index (χ2v) is 6.22. The van der Waals surface area contributed by atoms with Gasteiger partial charge < -0.3 is 19.5 Å². The van der Waals surface area contributed by atoms with Crippen LogP contribution in [0.25, 0.3) is 0 Å². The highest BCUT2D eigenvalue weighted by Gasteiger charge is 2.29. The number of carbonyl (C=O) groups excluding carboxylic acids is 1. The van der Waals surface area contributed by atoms with Crippen LogP contribution in [-0.2, 0) is 11.2 Å². The molecule has 1 heterocycles. The maximum atomic E-state index is 12.6. The van der Waals surface area contributed by atoms with E-state index in [1.807, 2.05) is 63.2 Å². The third-order valence-corrected chi connectivity index (χ3v) is 4.37. The van der Waals surface area contributed by atoms with Crippen molar-refractivity contribution in [1.29, 1.82) is 0 Å². The fourth-order valence-electron chi connectivity index (χ4n) is 3.06. The molecule has 0 bridgehead atoms. The van der Waals surface area contributed by atoms with Gasteiger partial charge in [0.1, 0.15) is 5.75 Å². The normalized spacial score (nSPS) is 16.3. The Balaban J connectivity index is 1.67. The van der Waals surface area contributed by atoms with Crippen molar-refractivity contribution in [3.8, 4) is 17.2 Å². The lowest BCUT2D eigenvalue weighted by Crippen LogP contribution is -2.38. The summed E-state index contributed by atoms with van der Waals surface area (Å²) in [6.07, 6.45) is 0.117. The molecule has 1 aliphatic rings. The van der Waals surface area contributed by atoms with Gasteiger partial charge in [-0.05, 0) is 50.1 Å². The highest BCUT2D eigenvalue weighted by molar-refractivity contribution is 5.83. The van der Waals surface area contributed by atoms with Gasteiger partial charge in [-0.3, -0.25) is 4.79 Å². The smallest absolute Gasteiger partial charge is 0.261 e. The van der Waals surface area contributed by atoms with Crippen molar-refractivity contribution in [2.45, 2.75) is 39.3 Å². The van der Waals surface area contributed by atoms with Crippen molar-refractivity contribution in [2.75, 3.05) is 13.2 Å². The highest BCUT2D eigenvalue weighted by Crippen LogP contribution is 2.31. The molecular weight excluding hydrogens is 330 g/mol. The van der Waals surface area contributed by atoms with Crippen LogP contribution >= 0.6 is 0 Å². The van der Waals surface area contributed by atoms with Gasteiger partial charge in [0.05, 0.1) is 19.3 Å². The van der Waals surface area contributed by atoms with Gasteiger partial charge in [-0.25, -0.2) is 0 Å². The quantitative estimate of drug-likeness (QED) is 0.823. The number of ether oxygens (including phenoxy) is 3. The summed E-state index contributed by atoms with van der Waals surface area (Å²) in [6.45, 7) is 6.95. The molecule has 1 aliphatic heterocycles. The Hall–Kier alpha value is -2.69. The van der Waals surface area contributed by atoms with Gasteiger partial charge in [0.25, 0.3) is 5.91 Å². The van der Waals surface area contributed by atoms with Gasteiger partial charge >= 0.3 is 0 Å². The lowest BCUT2D eigenvalue weighted by molar-refractivity contribution is -0.127. The number of rotatable bonds is 7. The average Bonchev–Trinajstić information content (AvgIpc) is 3.08. The number of amides is 1. The van der Waals surface area contributed by atoms with Crippen LogP contribution in [-0.4, -0.2) is 25.2 Å². The second kappa shape index (κ2) is 8.13. The zero-order valence-corrected chi connectivity index (χ0v) is 15.5. The van der Waals surface area contributed by atoms with E-state index in [9.17, 15) is 4.79 Å². The van der Waals surface area contributed by atoms with Gasteiger partial charge in [0, 0.05) is 6.42 Å². The fourth-order valence-corrected chi connectivity index (χ4v) is 3.06. The van der Waals surface area contributed by atoms with Crippen LogP contribution in [0.15, 0.2) is 42.5 Å². The number of para-hydroxylation sites is 1. The molecule has 0 saturated carbocycles. The van der Waals surface area contributed by atoms with Crippen LogP contribution in [0.2, 0.25) is 0 Å². The zero-order valence-electron chi connectivity index (χ0n) is 15.5. The second-order valence-electron chi connectivity index (χ2n) is 6.22. The molecule has 1 amide bonds. The molecule has 3 rings (SSSR count). The van der Waals surface area contributed by atoms with Crippen LogP contribution in [0, 0.1) is 0 Å². The van der Waals surface area contributed by atoms with Crippen molar-refractivity contribution in [3.63, 3.8) is 0 Å². The largest absolute Gasteiger partial charge is 0.490 e. The van der Waals surface area contributed by atoms with Crippen molar-refractivity contribution in [2.24, 2.45) is 0 Å². The summed E-state index contributed by atoms with van der Waals surface area (Å²) in [7, 11) is 0. The first kappa shape index (κ1) is 18.1. The molecule has 2 aromatic carbocycles. The monoisotopic (exact) mass is 355 g/mol. The lowest BCUT2D eigenvalue weighted by Gasteiger charge is -2.19. The van der Waals surface area contributed by atoms with Crippen LogP contribution in [0.5, 0.6) is 17.2 Å². The van der Waals surface area contributed by atoms with E-state index in [0.29, 0.717) is 31.1 Å². The van der Waals surface area contributed by atoms with E-state index in [2.05, 4.69) is 5.32 Å². The third-order valence-electron chi connectivity index (χ3n) is 4.37. The molecule has 0 unspecified atom stereocenters. The molecular formula is C21H25NO4. The molecule has 0 aliphatic carbocycles. The minimum Gasteiger partial charge on any atom is -0.490 e. The molecule has 5 heteroatoms. The topological polar surface area (TPSA) is 56.8 Å². The molecule has 0 fully saturated rings. The van der Waals surface area contributed by atoms with E-state index < -0.39 is 6.10 Å². The first-order chi connectivity index (χ1) is 12.6. The zero-order chi connectivity index (χ0) is 18.5. The number of fused-ring (bicyclic) bond motifs is 1. The van der Waals surface area contributed by atoms with Gasteiger partial charge in [-0.15, -0.1) is 0 Å². The van der Waals surface area contributed by atoms with Crippen molar-refractivity contribution < 1.29 is 19.0 Å². The summed E-state index contributed by atoms with van der Waals surface area (Å²) in [5, 5.41) is 3.03. The Kier molecular flexibility index (Phi) is 5.66. The molecule has 26 heavy (non-hydrogen) atoms. The van der Waals surface area contributed by atoms with E-state index >= 15 is 0 Å².